The van der Waals surface area contributed by atoms with Crippen LogP contribution in [0.3, 0.4) is 0 Å². The van der Waals surface area contributed by atoms with Crippen LogP contribution in [0.4, 0.5) is 0 Å². The highest BCUT2D eigenvalue weighted by Gasteiger charge is 2.16. The van der Waals surface area contributed by atoms with Crippen LogP contribution in [0.15, 0.2) is 24.3 Å². The van der Waals surface area contributed by atoms with Crippen molar-refractivity contribution in [3.63, 3.8) is 0 Å². The first-order chi connectivity index (χ1) is 6.03. The van der Waals surface area contributed by atoms with Gasteiger partial charge in [0.15, 0.2) is 0 Å². The van der Waals surface area contributed by atoms with Crippen LogP contribution < -0.4 is 10.5 Å². The second kappa shape index (κ2) is 3.79. The van der Waals surface area contributed by atoms with Gasteiger partial charge in [-0.25, -0.2) is 0 Å². The summed E-state index contributed by atoms with van der Waals surface area (Å²) in [7, 11) is 0. The lowest BCUT2D eigenvalue weighted by Gasteiger charge is -2.24. The summed E-state index contributed by atoms with van der Waals surface area (Å²) >= 11 is 0. The average Bonchev–Trinajstić information content (AvgIpc) is 2.09. The molecular formula is C11H16NO. The van der Waals surface area contributed by atoms with E-state index in [2.05, 4.69) is 6.92 Å². The van der Waals surface area contributed by atoms with Crippen molar-refractivity contribution in [2.45, 2.75) is 19.4 Å². The van der Waals surface area contributed by atoms with Crippen molar-refractivity contribution in [2.75, 3.05) is 6.54 Å². The third-order valence-electron chi connectivity index (χ3n) is 1.81. The normalized spacial score (nSPS) is 11.4. The van der Waals surface area contributed by atoms with E-state index in [1.165, 1.54) is 0 Å². The molecule has 1 radical (unpaired) electrons. The molecule has 0 saturated carbocycles. The summed E-state index contributed by atoms with van der Waals surface area (Å²) in [5.41, 5.74) is 6.23. The monoisotopic (exact) mass is 178 g/mol. The Balaban J connectivity index is 2.69. The van der Waals surface area contributed by atoms with E-state index in [1.807, 2.05) is 38.1 Å². The topological polar surface area (TPSA) is 35.2 Å². The molecule has 2 nitrogen and oxygen atoms in total. The number of nitrogens with two attached hydrogens (primary N) is 1. The summed E-state index contributed by atoms with van der Waals surface area (Å²) in [6.07, 6.45) is 0. The first-order valence-corrected chi connectivity index (χ1v) is 4.34. The minimum absolute atomic E-state index is 0.303. The number of benzene rings is 1. The highest BCUT2D eigenvalue weighted by atomic mass is 16.5. The quantitative estimate of drug-likeness (QED) is 0.768. The third kappa shape index (κ3) is 3.07. The smallest absolute Gasteiger partial charge is 0.120 e. The van der Waals surface area contributed by atoms with Gasteiger partial charge in [-0.2, -0.15) is 0 Å². The summed E-state index contributed by atoms with van der Waals surface area (Å²) in [5, 5.41) is 0. The van der Waals surface area contributed by atoms with Gasteiger partial charge < -0.3 is 10.5 Å². The molecule has 2 heteroatoms. The van der Waals surface area contributed by atoms with Crippen LogP contribution in [0.25, 0.3) is 0 Å². The van der Waals surface area contributed by atoms with Crippen LogP contribution in [0.5, 0.6) is 5.75 Å². The summed E-state index contributed by atoms with van der Waals surface area (Å²) in [6.45, 7) is 8.22. The lowest BCUT2D eigenvalue weighted by molar-refractivity contribution is 0.119. The first kappa shape index (κ1) is 10.1. The van der Waals surface area contributed by atoms with Crippen molar-refractivity contribution in [2.24, 2.45) is 5.73 Å². The Kier molecular flexibility index (Phi) is 2.94. The summed E-state index contributed by atoms with van der Waals surface area (Å²) in [6, 6.07) is 7.64. The number of hydrogen-bond donors (Lipinski definition) is 1. The lowest BCUT2D eigenvalue weighted by Crippen LogP contribution is -2.37. The van der Waals surface area contributed by atoms with Gasteiger partial charge in [-0.3, -0.25) is 0 Å². The van der Waals surface area contributed by atoms with E-state index in [0.29, 0.717) is 6.54 Å². The number of hydrogen-bond acceptors (Lipinski definition) is 2. The Morgan fingerprint density at radius 2 is 1.85 bits per heavy atom. The van der Waals surface area contributed by atoms with Crippen LogP contribution in [0, 0.1) is 6.92 Å². The molecule has 0 heterocycles. The fourth-order valence-electron chi connectivity index (χ4n) is 0.918. The van der Waals surface area contributed by atoms with Gasteiger partial charge in [-0.1, -0.05) is 12.1 Å². The SMILES string of the molecule is [CH2]c1ccc(OC(C)(C)CN)cc1. The van der Waals surface area contributed by atoms with Gasteiger partial charge in [0.05, 0.1) is 0 Å². The molecule has 0 bridgehead atoms. The van der Waals surface area contributed by atoms with Gasteiger partial charge in [-0.15, -0.1) is 0 Å². The van der Waals surface area contributed by atoms with Crippen molar-refractivity contribution in [3.8, 4) is 5.75 Å². The molecule has 1 aromatic carbocycles. The summed E-state index contributed by atoms with van der Waals surface area (Å²) in [5.74, 6) is 0.836. The van der Waals surface area contributed by atoms with E-state index < -0.39 is 0 Å². The van der Waals surface area contributed by atoms with Gasteiger partial charge in [-0.05, 0) is 38.5 Å². The molecule has 0 saturated heterocycles. The van der Waals surface area contributed by atoms with Crippen LogP contribution in [0.1, 0.15) is 19.4 Å². The zero-order valence-electron chi connectivity index (χ0n) is 8.21. The van der Waals surface area contributed by atoms with Crippen molar-refractivity contribution in [3.05, 3.63) is 36.8 Å². The predicted molar refractivity (Wildman–Crippen MR) is 54.7 cm³/mol. The van der Waals surface area contributed by atoms with Gasteiger partial charge >= 0.3 is 0 Å². The van der Waals surface area contributed by atoms with E-state index in [0.717, 1.165) is 11.3 Å². The van der Waals surface area contributed by atoms with Gasteiger partial charge in [0, 0.05) is 6.54 Å². The second-order valence-electron chi connectivity index (χ2n) is 3.71. The Labute approximate surface area is 79.7 Å². The maximum atomic E-state index is 5.65. The molecule has 13 heavy (non-hydrogen) atoms. The summed E-state index contributed by atoms with van der Waals surface area (Å²) < 4.78 is 5.65. The molecule has 0 atom stereocenters. The molecule has 0 spiro atoms. The lowest BCUT2D eigenvalue weighted by atomic mass is 10.1. The van der Waals surface area contributed by atoms with Gasteiger partial charge in [0.2, 0.25) is 0 Å². The molecule has 0 aliphatic carbocycles. The van der Waals surface area contributed by atoms with E-state index in [4.69, 9.17) is 10.5 Å². The average molecular weight is 178 g/mol. The molecule has 0 fully saturated rings. The zero-order valence-corrected chi connectivity index (χ0v) is 8.21. The first-order valence-electron chi connectivity index (χ1n) is 4.34. The van der Waals surface area contributed by atoms with Crippen molar-refractivity contribution in [1.82, 2.24) is 0 Å². The Morgan fingerprint density at radius 3 is 2.31 bits per heavy atom. The fourth-order valence-corrected chi connectivity index (χ4v) is 0.918. The fraction of sp³-hybridized carbons (Fsp3) is 0.364. The molecule has 0 aliphatic heterocycles. The standard InChI is InChI=1S/C11H16NO/c1-9-4-6-10(7-5-9)13-11(2,3)8-12/h4-7H,1,8,12H2,2-3H3. The van der Waals surface area contributed by atoms with Crippen LogP contribution >= 0.6 is 0 Å². The van der Waals surface area contributed by atoms with Gasteiger partial charge in [0.1, 0.15) is 11.4 Å². The molecule has 0 unspecified atom stereocenters. The van der Waals surface area contributed by atoms with Crippen LogP contribution in [0.2, 0.25) is 0 Å². The molecule has 71 valence electrons. The molecule has 1 rings (SSSR count). The molecule has 2 N–H and O–H groups in total. The van der Waals surface area contributed by atoms with E-state index in [1.54, 1.807) is 0 Å². The summed E-state index contributed by atoms with van der Waals surface area (Å²) in [4.78, 5) is 0. The van der Waals surface area contributed by atoms with Crippen LogP contribution in [-0.2, 0) is 0 Å². The van der Waals surface area contributed by atoms with E-state index >= 15 is 0 Å². The predicted octanol–water partition coefficient (Wildman–Crippen LogP) is 1.98. The molecule has 0 aliphatic rings. The largest absolute Gasteiger partial charge is 0.487 e. The minimum atomic E-state index is -0.303. The van der Waals surface area contributed by atoms with E-state index in [-0.39, 0.29) is 5.60 Å². The highest BCUT2D eigenvalue weighted by Crippen LogP contribution is 2.17. The maximum absolute atomic E-state index is 5.65. The van der Waals surface area contributed by atoms with Crippen molar-refractivity contribution < 1.29 is 4.74 Å². The van der Waals surface area contributed by atoms with Crippen LogP contribution in [-0.4, -0.2) is 12.1 Å². The highest BCUT2D eigenvalue weighted by molar-refractivity contribution is 5.29. The molecule has 0 aromatic heterocycles. The molecule has 1 aromatic rings. The zero-order chi connectivity index (χ0) is 9.90. The minimum Gasteiger partial charge on any atom is -0.487 e. The van der Waals surface area contributed by atoms with E-state index in [9.17, 15) is 0 Å². The Morgan fingerprint density at radius 1 is 1.31 bits per heavy atom. The molecule has 0 amide bonds. The van der Waals surface area contributed by atoms with Gasteiger partial charge in [0.25, 0.3) is 0 Å². The number of rotatable bonds is 3. The maximum Gasteiger partial charge on any atom is 0.120 e. The Hall–Kier alpha value is -1.02. The third-order valence-corrected chi connectivity index (χ3v) is 1.81. The Bertz CT molecular complexity index is 264. The number of ether oxygens (including phenoxy) is 1. The second-order valence-corrected chi connectivity index (χ2v) is 3.71. The van der Waals surface area contributed by atoms with Crippen molar-refractivity contribution in [1.29, 1.82) is 0 Å². The van der Waals surface area contributed by atoms with Crippen molar-refractivity contribution >= 4 is 0 Å². The molecular weight excluding hydrogens is 162 g/mol.